The molecular formula is C5H4N2O4. The molecule has 11 heavy (non-hydrogen) atoms. The summed E-state index contributed by atoms with van der Waals surface area (Å²) in [4.78, 5) is 20.3. The van der Waals surface area contributed by atoms with Crippen molar-refractivity contribution in [1.29, 1.82) is 0 Å². The Morgan fingerprint density at radius 3 is 2.82 bits per heavy atom. The highest BCUT2D eigenvalue weighted by molar-refractivity contribution is 5.60. The standard InChI is InChI=1S/C5H4N2O4/c8-3-1-2-4(7-6-3)11-5(9)10/h1-2H,(H,6,8)(H,9,10). The third-order valence-electron chi connectivity index (χ3n) is 0.845. The molecule has 0 spiro atoms. The van der Waals surface area contributed by atoms with Crippen LogP contribution < -0.4 is 10.3 Å². The van der Waals surface area contributed by atoms with Gasteiger partial charge in [-0.1, -0.05) is 0 Å². The lowest BCUT2D eigenvalue weighted by Gasteiger charge is -1.93. The molecule has 0 unspecified atom stereocenters. The second kappa shape index (κ2) is 2.82. The Kier molecular flexibility index (Phi) is 1.86. The van der Waals surface area contributed by atoms with Gasteiger partial charge in [-0.3, -0.25) is 4.79 Å². The number of nitrogens with zero attached hydrogens (tertiary/aromatic N) is 1. The van der Waals surface area contributed by atoms with E-state index in [1.165, 1.54) is 0 Å². The molecule has 2 N–H and O–H groups in total. The van der Waals surface area contributed by atoms with E-state index < -0.39 is 11.7 Å². The van der Waals surface area contributed by atoms with Gasteiger partial charge in [0, 0.05) is 12.1 Å². The van der Waals surface area contributed by atoms with E-state index in [-0.39, 0.29) is 5.88 Å². The Balaban J connectivity index is 2.82. The summed E-state index contributed by atoms with van der Waals surface area (Å²) in [5, 5.41) is 13.4. The summed E-state index contributed by atoms with van der Waals surface area (Å²) in [6, 6.07) is 2.28. The van der Waals surface area contributed by atoms with Gasteiger partial charge in [0.05, 0.1) is 0 Å². The van der Waals surface area contributed by atoms with Crippen LogP contribution in [0.3, 0.4) is 0 Å². The molecular weight excluding hydrogens is 152 g/mol. The van der Waals surface area contributed by atoms with E-state index in [1.807, 2.05) is 5.10 Å². The van der Waals surface area contributed by atoms with E-state index in [4.69, 9.17) is 5.11 Å². The molecule has 0 aromatic carbocycles. The van der Waals surface area contributed by atoms with E-state index in [1.54, 1.807) is 0 Å². The fourth-order valence-electron chi connectivity index (χ4n) is 0.478. The summed E-state index contributed by atoms with van der Waals surface area (Å²) in [7, 11) is 0. The topological polar surface area (TPSA) is 92.3 Å². The largest absolute Gasteiger partial charge is 0.512 e. The summed E-state index contributed by atoms with van der Waals surface area (Å²) >= 11 is 0. The van der Waals surface area contributed by atoms with Crippen LogP contribution in [0, 0.1) is 0 Å². The van der Waals surface area contributed by atoms with Gasteiger partial charge in [-0.2, -0.15) is 0 Å². The Bertz CT molecular complexity index is 298. The summed E-state index contributed by atoms with van der Waals surface area (Å²) in [6.45, 7) is 0. The maximum absolute atomic E-state index is 10.4. The maximum atomic E-state index is 10.4. The number of hydrogen-bond donors (Lipinski definition) is 2. The second-order valence-electron chi connectivity index (χ2n) is 1.63. The van der Waals surface area contributed by atoms with Crippen LogP contribution in [-0.4, -0.2) is 21.5 Å². The second-order valence-corrected chi connectivity index (χ2v) is 1.63. The van der Waals surface area contributed by atoms with Gasteiger partial charge in [0.25, 0.3) is 5.56 Å². The van der Waals surface area contributed by atoms with E-state index >= 15 is 0 Å². The molecule has 0 saturated heterocycles. The lowest BCUT2D eigenvalue weighted by Crippen LogP contribution is -2.10. The zero-order chi connectivity index (χ0) is 8.27. The highest BCUT2D eigenvalue weighted by Gasteiger charge is 1.99. The van der Waals surface area contributed by atoms with Crippen molar-refractivity contribution < 1.29 is 14.6 Å². The van der Waals surface area contributed by atoms with Gasteiger partial charge in [-0.25, -0.2) is 9.89 Å². The molecule has 0 radical (unpaired) electrons. The van der Waals surface area contributed by atoms with Crippen molar-refractivity contribution in [2.24, 2.45) is 0 Å². The first-order valence-electron chi connectivity index (χ1n) is 2.65. The monoisotopic (exact) mass is 156 g/mol. The SMILES string of the molecule is O=C(O)Oc1ccc(=O)[nH]n1. The number of nitrogens with one attached hydrogen (secondary N) is 1. The highest BCUT2D eigenvalue weighted by Crippen LogP contribution is 1.98. The molecule has 1 aromatic rings. The van der Waals surface area contributed by atoms with Gasteiger partial charge in [0.1, 0.15) is 0 Å². The average molecular weight is 156 g/mol. The number of H-pyrrole nitrogens is 1. The molecule has 0 saturated carbocycles. The first-order chi connectivity index (χ1) is 5.18. The molecule has 0 aliphatic carbocycles. The van der Waals surface area contributed by atoms with Crippen LogP contribution >= 0.6 is 0 Å². The molecule has 1 rings (SSSR count). The predicted octanol–water partition coefficient (Wildman–Crippen LogP) is -0.173. The Morgan fingerprint density at radius 2 is 2.36 bits per heavy atom. The van der Waals surface area contributed by atoms with Crippen molar-refractivity contribution in [3.8, 4) is 5.88 Å². The maximum Gasteiger partial charge on any atom is 0.512 e. The Labute approximate surface area is 60.4 Å². The molecule has 6 heteroatoms. The molecule has 0 bridgehead atoms. The number of ether oxygens (including phenoxy) is 1. The van der Waals surface area contributed by atoms with Crippen LogP contribution in [0.25, 0.3) is 0 Å². The van der Waals surface area contributed by atoms with Crippen LogP contribution in [0.1, 0.15) is 0 Å². The number of aromatic nitrogens is 2. The third-order valence-corrected chi connectivity index (χ3v) is 0.845. The van der Waals surface area contributed by atoms with Gasteiger partial charge in [0.15, 0.2) is 0 Å². The first-order valence-corrected chi connectivity index (χ1v) is 2.65. The highest BCUT2D eigenvalue weighted by atomic mass is 16.7. The van der Waals surface area contributed by atoms with E-state index in [0.29, 0.717) is 0 Å². The molecule has 0 aliphatic rings. The van der Waals surface area contributed by atoms with E-state index in [0.717, 1.165) is 12.1 Å². The minimum Gasteiger partial charge on any atom is -0.449 e. The van der Waals surface area contributed by atoms with Gasteiger partial charge in [-0.05, 0) is 0 Å². The van der Waals surface area contributed by atoms with Crippen LogP contribution in [0.5, 0.6) is 5.88 Å². The van der Waals surface area contributed by atoms with Crippen molar-refractivity contribution >= 4 is 6.16 Å². The lowest BCUT2D eigenvalue weighted by molar-refractivity contribution is 0.142. The summed E-state index contributed by atoms with van der Waals surface area (Å²) in [6.07, 6.45) is -1.47. The predicted molar refractivity (Wildman–Crippen MR) is 33.5 cm³/mol. The first kappa shape index (κ1) is 7.26. The quantitative estimate of drug-likeness (QED) is 0.550. The summed E-state index contributed by atoms with van der Waals surface area (Å²) < 4.78 is 4.10. The smallest absolute Gasteiger partial charge is 0.449 e. The van der Waals surface area contributed by atoms with Gasteiger partial charge in [0.2, 0.25) is 5.88 Å². The number of rotatable bonds is 1. The summed E-state index contributed by atoms with van der Waals surface area (Å²) in [5.74, 6) is -0.155. The molecule has 1 heterocycles. The van der Waals surface area contributed by atoms with Crippen molar-refractivity contribution in [2.75, 3.05) is 0 Å². The number of carbonyl (C=O) groups is 1. The zero-order valence-electron chi connectivity index (χ0n) is 5.27. The van der Waals surface area contributed by atoms with Crippen LogP contribution in [-0.2, 0) is 0 Å². The minimum atomic E-state index is -1.47. The van der Waals surface area contributed by atoms with Gasteiger partial charge >= 0.3 is 6.16 Å². The fourth-order valence-corrected chi connectivity index (χ4v) is 0.478. The van der Waals surface area contributed by atoms with E-state index in [9.17, 15) is 9.59 Å². The van der Waals surface area contributed by atoms with Gasteiger partial charge < -0.3 is 9.84 Å². The molecule has 0 atom stereocenters. The average Bonchev–Trinajstić information content (AvgIpc) is 1.93. The molecule has 58 valence electrons. The number of carboxylic acid groups (broad SMARTS) is 1. The molecule has 6 nitrogen and oxygen atoms in total. The number of hydrogen-bond acceptors (Lipinski definition) is 4. The van der Waals surface area contributed by atoms with Crippen molar-refractivity contribution in [1.82, 2.24) is 10.2 Å². The molecule has 0 amide bonds. The van der Waals surface area contributed by atoms with E-state index in [2.05, 4.69) is 9.84 Å². The van der Waals surface area contributed by atoms with Gasteiger partial charge in [-0.15, -0.1) is 5.10 Å². The van der Waals surface area contributed by atoms with Crippen molar-refractivity contribution in [3.63, 3.8) is 0 Å². The molecule has 0 aliphatic heterocycles. The Hall–Kier alpha value is -1.85. The Morgan fingerprint density at radius 1 is 1.64 bits per heavy atom. The normalized spacial score (nSPS) is 9.09. The lowest BCUT2D eigenvalue weighted by atomic mass is 10.6. The van der Waals surface area contributed by atoms with Crippen molar-refractivity contribution in [3.05, 3.63) is 22.5 Å². The van der Waals surface area contributed by atoms with Crippen LogP contribution in [0.2, 0.25) is 0 Å². The van der Waals surface area contributed by atoms with Crippen LogP contribution in [0.4, 0.5) is 4.79 Å². The molecule has 0 fully saturated rings. The third kappa shape index (κ3) is 2.09. The molecule has 1 aromatic heterocycles. The number of aromatic amines is 1. The van der Waals surface area contributed by atoms with Crippen molar-refractivity contribution in [2.45, 2.75) is 0 Å². The fraction of sp³-hybridized carbons (Fsp3) is 0. The van der Waals surface area contributed by atoms with Crippen LogP contribution in [0.15, 0.2) is 16.9 Å². The minimum absolute atomic E-state index is 0.155. The summed E-state index contributed by atoms with van der Waals surface area (Å²) in [5.41, 5.74) is -0.414. The zero-order valence-corrected chi connectivity index (χ0v) is 5.27.